The molecule has 0 fully saturated rings. The fourth-order valence-corrected chi connectivity index (χ4v) is 4.27. The number of pyridine rings is 1. The van der Waals surface area contributed by atoms with Gasteiger partial charge in [-0.2, -0.15) is 0 Å². The minimum Gasteiger partial charge on any atom is -0.402 e. The van der Waals surface area contributed by atoms with Crippen molar-refractivity contribution in [1.29, 1.82) is 0 Å². The number of aliphatic imine (C=N–C) groups is 1. The topological polar surface area (TPSA) is 51.6 Å². The Balaban J connectivity index is 1.57. The maximum atomic E-state index is 12.6. The van der Waals surface area contributed by atoms with Gasteiger partial charge in [0.25, 0.3) is 0 Å². The number of para-hydroxylation sites is 1. The quantitative estimate of drug-likeness (QED) is 0.276. The summed E-state index contributed by atoms with van der Waals surface area (Å²) in [6, 6.07) is 26.0. The standard InChI is InChI=1S/C27H20N2O2S/c1-17-7-11-19(12-8-17)25-28-24(27(30)31-25)16-21-15-20-5-3-4-6-23(20)29-26(21)32-22-13-9-18(2)10-14-22/h3-16H,1-2H3/b24-16+. The number of hydrogen-bond acceptors (Lipinski definition) is 5. The molecule has 0 saturated heterocycles. The average Bonchev–Trinajstić information content (AvgIpc) is 3.16. The Morgan fingerprint density at radius 2 is 1.56 bits per heavy atom. The van der Waals surface area contributed by atoms with Gasteiger partial charge in [0.15, 0.2) is 5.70 Å². The third-order valence-electron chi connectivity index (χ3n) is 5.16. The molecular formula is C27H20N2O2S. The van der Waals surface area contributed by atoms with Gasteiger partial charge in [0.05, 0.1) is 5.52 Å². The molecule has 0 saturated carbocycles. The first-order valence-corrected chi connectivity index (χ1v) is 11.1. The highest BCUT2D eigenvalue weighted by Gasteiger charge is 2.24. The van der Waals surface area contributed by atoms with Crippen LogP contribution in [0.25, 0.3) is 17.0 Å². The molecule has 0 atom stereocenters. The number of aryl methyl sites for hydroxylation is 2. The summed E-state index contributed by atoms with van der Waals surface area (Å²) >= 11 is 1.56. The van der Waals surface area contributed by atoms with E-state index in [0.717, 1.165) is 37.5 Å². The number of nitrogens with zero attached hydrogens (tertiary/aromatic N) is 2. The third kappa shape index (κ3) is 4.20. The normalized spacial score (nSPS) is 14.6. The number of ether oxygens (including phenoxy) is 1. The second kappa shape index (κ2) is 8.44. The molecule has 0 spiro atoms. The predicted octanol–water partition coefficient (Wildman–Crippen LogP) is 6.35. The van der Waals surface area contributed by atoms with Crippen molar-refractivity contribution in [2.24, 2.45) is 4.99 Å². The lowest BCUT2D eigenvalue weighted by atomic mass is 10.1. The molecule has 156 valence electrons. The molecular weight excluding hydrogens is 416 g/mol. The van der Waals surface area contributed by atoms with Crippen molar-refractivity contribution in [3.05, 3.63) is 107 Å². The number of fused-ring (bicyclic) bond motifs is 1. The summed E-state index contributed by atoms with van der Waals surface area (Å²) in [5.41, 5.74) is 5.11. The van der Waals surface area contributed by atoms with Gasteiger partial charge in [-0.3, -0.25) is 0 Å². The van der Waals surface area contributed by atoms with Crippen LogP contribution in [-0.2, 0) is 9.53 Å². The first kappa shape index (κ1) is 20.2. The van der Waals surface area contributed by atoms with Gasteiger partial charge in [-0.05, 0) is 56.3 Å². The maximum Gasteiger partial charge on any atom is 0.363 e. The number of rotatable bonds is 4. The molecule has 0 amide bonds. The lowest BCUT2D eigenvalue weighted by Gasteiger charge is -2.08. The Kier molecular flexibility index (Phi) is 5.33. The largest absolute Gasteiger partial charge is 0.402 e. The van der Waals surface area contributed by atoms with Crippen molar-refractivity contribution >= 4 is 40.6 Å². The smallest absolute Gasteiger partial charge is 0.363 e. The number of benzene rings is 3. The zero-order chi connectivity index (χ0) is 22.1. The maximum absolute atomic E-state index is 12.6. The van der Waals surface area contributed by atoms with Crippen LogP contribution in [0.4, 0.5) is 0 Å². The minimum atomic E-state index is -0.458. The van der Waals surface area contributed by atoms with E-state index in [-0.39, 0.29) is 5.70 Å². The van der Waals surface area contributed by atoms with E-state index in [1.54, 1.807) is 17.8 Å². The molecule has 0 radical (unpaired) electrons. The lowest BCUT2D eigenvalue weighted by molar-refractivity contribution is -0.129. The zero-order valence-electron chi connectivity index (χ0n) is 17.7. The second-order valence-corrected chi connectivity index (χ2v) is 8.75. The van der Waals surface area contributed by atoms with Crippen LogP contribution < -0.4 is 0 Å². The predicted molar refractivity (Wildman–Crippen MR) is 129 cm³/mol. The summed E-state index contributed by atoms with van der Waals surface area (Å²) < 4.78 is 5.45. The Morgan fingerprint density at radius 1 is 0.875 bits per heavy atom. The summed E-state index contributed by atoms with van der Waals surface area (Å²) in [5.74, 6) is -0.136. The Labute approximate surface area is 190 Å². The molecule has 2 heterocycles. The van der Waals surface area contributed by atoms with E-state index in [0.29, 0.717) is 5.90 Å². The van der Waals surface area contributed by atoms with E-state index >= 15 is 0 Å². The van der Waals surface area contributed by atoms with Gasteiger partial charge in [-0.15, -0.1) is 0 Å². The minimum absolute atomic E-state index is 0.267. The van der Waals surface area contributed by atoms with E-state index < -0.39 is 5.97 Å². The van der Waals surface area contributed by atoms with E-state index in [1.807, 2.05) is 61.5 Å². The number of aromatic nitrogens is 1. The summed E-state index contributed by atoms with van der Waals surface area (Å²) in [6.07, 6.45) is 1.76. The lowest BCUT2D eigenvalue weighted by Crippen LogP contribution is -2.05. The molecule has 0 N–H and O–H groups in total. The summed E-state index contributed by atoms with van der Waals surface area (Å²) in [5, 5.41) is 1.81. The molecule has 1 aliphatic rings. The number of hydrogen-bond donors (Lipinski definition) is 0. The summed E-state index contributed by atoms with van der Waals surface area (Å²) in [7, 11) is 0. The Hall–Kier alpha value is -3.70. The molecule has 4 nitrogen and oxygen atoms in total. The average molecular weight is 437 g/mol. The molecule has 0 bridgehead atoms. The highest BCUT2D eigenvalue weighted by atomic mass is 32.2. The number of cyclic esters (lactones) is 1. The van der Waals surface area contributed by atoms with E-state index in [9.17, 15) is 4.79 Å². The van der Waals surface area contributed by atoms with Crippen molar-refractivity contribution in [2.45, 2.75) is 23.8 Å². The van der Waals surface area contributed by atoms with Crippen molar-refractivity contribution in [3.8, 4) is 0 Å². The van der Waals surface area contributed by atoms with Crippen LogP contribution in [-0.4, -0.2) is 16.9 Å². The van der Waals surface area contributed by atoms with Crippen LogP contribution >= 0.6 is 11.8 Å². The fraction of sp³-hybridized carbons (Fsp3) is 0.0741. The van der Waals surface area contributed by atoms with Gasteiger partial charge in [-0.1, -0.05) is 65.4 Å². The van der Waals surface area contributed by atoms with Crippen LogP contribution in [0.3, 0.4) is 0 Å². The van der Waals surface area contributed by atoms with E-state index in [4.69, 9.17) is 9.72 Å². The van der Waals surface area contributed by atoms with E-state index in [1.165, 1.54) is 5.56 Å². The zero-order valence-corrected chi connectivity index (χ0v) is 18.5. The second-order valence-electron chi connectivity index (χ2n) is 7.69. The van der Waals surface area contributed by atoms with Crippen molar-refractivity contribution < 1.29 is 9.53 Å². The van der Waals surface area contributed by atoms with Crippen LogP contribution in [0.1, 0.15) is 22.3 Å². The molecule has 1 aliphatic heterocycles. The molecule has 5 heteroatoms. The first-order valence-electron chi connectivity index (χ1n) is 10.3. The molecule has 4 aromatic rings. The summed E-state index contributed by atoms with van der Waals surface area (Å²) in [4.78, 5) is 23.0. The monoisotopic (exact) mass is 436 g/mol. The molecule has 32 heavy (non-hydrogen) atoms. The third-order valence-corrected chi connectivity index (χ3v) is 6.19. The Morgan fingerprint density at radius 3 is 2.31 bits per heavy atom. The van der Waals surface area contributed by atoms with E-state index in [2.05, 4.69) is 36.2 Å². The van der Waals surface area contributed by atoms with Crippen molar-refractivity contribution in [3.63, 3.8) is 0 Å². The van der Waals surface area contributed by atoms with Crippen molar-refractivity contribution in [1.82, 2.24) is 4.98 Å². The van der Waals surface area contributed by atoms with Gasteiger partial charge in [0.2, 0.25) is 5.90 Å². The SMILES string of the molecule is Cc1ccc(Sc2nc3ccccc3cc2/C=C2/N=C(c3ccc(C)cc3)OC2=O)cc1. The van der Waals surface area contributed by atoms with Gasteiger partial charge >= 0.3 is 5.97 Å². The van der Waals surface area contributed by atoms with Crippen LogP contribution in [0.5, 0.6) is 0 Å². The van der Waals surface area contributed by atoms with Crippen LogP contribution in [0.2, 0.25) is 0 Å². The van der Waals surface area contributed by atoms with Gasteiger partial charge < -0.3 is 4.74 Å². The van der Waals surface area contributed by atoms with Gasteiger partial charge in [-0.25, -0.2) is 14.8 Å². The molecule has 0 unspecified atom stereocenters. The Bertz CT molecular complexity index is 1390. The molecule has 5 rings (SSSR count). The number of carbonyl (C=O) groups excluding carboxylic acids is 1. The first-order chi connectivity index (χ1) is 15.5. The summed E-state index contributed by atoms with van der Waals surface area (Å²) in [6.45, 7) is 4.07. The number of carbonyl (C=O) groups is 1. The van der Waals surface area contributed by atoms with Gasteiger partial charge in [0, 0.05) is 21.4 Å². The highest BCUT2D eigenvalue weighted by Crippen LogP contribution is 2.33. The highest BCUT2D eigenvalue weighted by molar-refractivity contribution is 7.99. The molecule has 1 aromatic heterocycles. The molecule has 3 aromatic carbocycles. The van der Waals surface area contributed by atoms with Crippen molar-refractivity contribution in [2.75, 3.05) is 0 Å². The molecule has 0 aliphatic carbocycles. The van der Waals surface area contributed by atoms with Crippen LogP contribution in [0.15, 0.2) is 99.5 Å². The number of esters is 1. The van der Waals surface area contributed by atoms with Crippen LogP contribution in [0, 0.1) is 13.8 Å². The fourth-order valence-electron chi connectivity index (χ4n) is 3.39. The van der Waals surface area contributed by atoms with Gasteiger partial charge in [0.1, 0.15) is 5.03 Å².